The van der Waals surface area contributed by atoms with Crippen LogP contribution in [0.3, 0.4) is 0 Å². The second kappa shape index (κ2) is 4.31. The molecule has 0 saturated carbocycles. The summed E-state index contributed by atoms with van der Waals surface area (Å²) in [6.45, 7) is 8.21. The molecule has 15 heavy (non-hydrogen) atoms. The van der Waals surface area contributed by atoms with E-state index in [1.165, 1.54) is 4.90 Å². The van der Waals surface area contributed by atoms with Crippen molar-refractivity contribution < 1.29 is 9.59 Å². The van der Waals surface area contributed by atoms with Crippen molar-refractivity contribution in [2.45, 2.75) is 52.2 Å². The van der Waals surface area contributed by atoms with E-state index < -0.39 is 0 Å². The molecule has 1 fully saturated rings. The molecular formula is C11H20N2O2. The Morgan fingerprint density at radius 3 is 1.93 bits per heavy atom. The molecule has 1 atom stereocenters. The fourth-order valence-corrected chi connectivity index (χ4v) is 2.29. The van der Waals surface area contributed by atoms with Crippen LogP contribution in [0.15, 0.2) is 0 Å². The summed E-state index contributed by atoms with van der Waals surface area (Å²) in [6, 6.07) is 0.291. The van der Waals surface area contributed by atoms with Crippen LogP contribution in [0.1, 0.15) is 34.1 Å². The smallest absolute Gasteiger partial charge is 0.246 e. The molecule has 1 aliphatic heterocycles. The standard InChI is InChI=1S/C11H20N2O2/c1-7(2)13(8(3)4)9-6-10(14)12(5)11(9)15/h7-9H,6H2,1-5H3. The number of hydrogen-bond donors (Lipinski definition) is 0. The summed E-state index contributed by atoms with van der Waals surface area (Å²) in [5.41, 5.74) is 0. The van der Waals surface area contributed by atoms with Crippen LogP contribution >= 0.6 is 0 Å². The highest BCUT2D eigenvalue weighted by atomic mass is 16.2. The van der Waals surface area contributed by atoms with E-state index >= 15 is 0 Å². The number of imide groups is 1. The van der Waals surface area contributed by atoms with Crippen LogP contribution in [0.25, 0.3) is 0 Å². The summed E-state index contributed by atoms with van der Waals surface area (Å²) in [6.07, 6.45) is 0.325. The van der Waals surface area contributed by atoms with Crippen molar-refractivity contribution in [3.05, 3.63) is 0 Å². The molecule has 1 heterocycles. The highest BCUT2D eigenvalue weighted by Crippen LogP contribution is 2.21. The van der Waals surface area contributed by atoms with Gasteiger partial charge in [0, 0.05) is 19.1 Å². The fraction of sp³-hybridized carbons (Fsp3) is 0.818. The zero-order valence-electron chi connectivity index (χ0n) is 10.2. The molecule has 0 aliphatic carbocycles. The molecule has 4 heteroatoms. The van der Waals surface area contributed by atoms with Crippen molar-refractivity contribution >= 4 is 11.8 Å². The van der Waals surface area contributed by atoms with Gasteiger partial charge in [-0.05, 0) is 27.7 Å². The highest BCUT2D eigenvalue weighted by Gasteiger charge is 2.41. The molecule has 1 aliphatic rings. The van der Waals surface area contributed by atoms with E-state index in [0.29, 0.717) is 6.42 Å². The van der Waals surface area contributed by atoms with E-state index in [1.807, 2.05) is 0 Å². The van der Waals surface area contributed by atoms with Crippen LogP contribution in [-0.2, 0) is 9.59 Å². The Kier molecular flexibility index (Phi) is 3.50. The topological polar surface area (TPSA) is 40.6 Å². The molecule has 1 rings (SSSR count). The first-order chi connectivity index (χ1) is 6.86. The van der Waals surface area contributed by atoms with Gasteiger partial charge in [-0.25, -0.2) is 0 Å². The third kappa shape index (κ3) is 2.20. The van der Waals surface area contributed by atoms with Crippen molar-refractivity contribution in [2.75, 3.05) is 7.05 Å². The lowest BCUT2D eigenvalue weighted by Crippen LogP contribution is -2.48. The molecule has 0 radical (unpaired) electrons. The number of carbonyl (C=O) groups is 2. The van der Waals surface area contributed by atoms with Gasteiger partial charge in [-0.3, -0.25) is 19.4 Å². The van der Waals surface area contributed by atoms with E-state index in [-0.39, 0.29) is 29.9 Å². The molecule has 1 saturated heterocycles. The van der Waals surface area contributed by atoms with E-state index in [4.69, 9.17) is 0 Å². The Balaban J connectivity index is 2.87. The summed E-state index contributed by atoms with van der Waals surface area (Å²) in [5.74, 6) is -0.140. The molecule has 86 valence electrons. The zero-order chi connectivity index (χ0) is 11.7. The second-order valence-electron chi connectivity index (χ2n) is 4.65. The van der Waals surface area contributed by atoms with Crippen molar-refractivity contribution in [3.63, 3.8) is 0 Å². The van der Waals surface area contributed by atoms with Crippen molar-refractivity contribution in [1.29, 1.82) is 0 Å². The number of nitrogens with zero attached hydrogens (tertiary/aromatic N) is 2. The Morgan fingerprint density at radius 2 is 1.67 bits per heavy atom. The van der Waals surface area contributed by atoms with Crippen LogP contribution < -0.4 is 0 Å². The molecule has 0 aromatic heterocycles. The van der Waals surface area contributed by atoms with Crippen LogP contribution in [0, 0.1) is 0 Å². The summed E-state index contributed by atoms with van der Waals surface area (Å²) >= 11 is 0. The number of rotatable bonds is 3. The van der Waals surface area contributed by atoms with Crippen molar-refractivity contribution in [2.24, 2.45) is 0 Å². The number of carbonyl (C=O) groups excluding carboxylic acids is 2. The second-order valence-corrected chi connectivity index (χ2v) is 4.65. The number of hydrogen-bond acceptors (Lipinski definition) is 3. The maximum Gasteiger partial charge on any atom is 0.246 e. The summed E-state index contributed by atoms with van der Waals surface area (Å²) in [5, 5.41) is 0. The quantitative estimate of drug-likeness (QED) is 0.652. The molecular weight excluding hydrogens is 192 g/mol. The molecule has 0 bridgehead atoms. The lowest BCUT2D eigenvalue weighted by Gasteiger charge is -2.34. The lowest BCUT2D eigenvalue weighted by molar-refractivity contribution is -0.138. The first-order valence-electron chi connectivity index (χ1n) is 5.44. The van der Waals surface area contributed by atoms with Crippen molar-refractivity contribution in [1.82, 2.24) is 9.80 Å². The van der Waals surface area contributed by atoms with E-state index in [0.717, 1.165) is 0 Å². The minimum absolute atomic E-state index is 0.0672. The largest absolute Gasteiger partial charge is 0.287 e. The number of likely N-dealkylation sites (tertiary alicyclic amines) is 1. The summed E-state index contributed by atoms with van der Waals surface area (Å²) < 4.78 is 0. The molecule has 2 amide bonds. The average Bonchev–Trinajstić information content (AvgIpc) is 2.33. The van der Waals surface area contributed by atoms with Crippen LogP contribution in [0.4, 0.5) is 0 Å². The minimum Gasteiger partial charge on any atom is -0.287 e. The van der Waals surface area contributed by atoms with Gasteiger partial charge in [0.05, 0.1) is 12.5 Å². The predicted octanol–water partition coefficient (Wildman–Crippen LogP) is 0.863. The predicted molar refractivity (Wildman–Crippen MR) is 58.3 cm³/mol. The van der Waals surface area contributed by atoms with Crippen LogP contribution in [-0.4, -0.2) is 46.8 Å². The average molecular weight is 212 g/mol. The van der Waals surface area contributed by atoms with Crippen LogP contribution in [0.5, 0.6) is 0 Å². The first-order valence-corrected chi connectivity index (χ1v) is 5.44. The third-order valence-corrected chi connectivity index (χ3v) is 2.91. The van der Waals surface area contributed by atoms with E-state index in [1.54, 1.807) is 7.05 Å². The zero-order valence-corrected chi connectivity index (χ0v) is 10.2. The molecule has 0 aromatic carbocycles. The first kappa shape index (κ1) is 12.2. The molecule has 1 unspecified atom stereocenters. The van der Waals surface area contributed by atoms with Gasteiger partial charge >= 0.3 is 0 Å². The van der Waals surface area contributed by atoms with Gasteiger partial charge in [0.2, 0.25) is 11.8 Å². The summed E-state index contributed by atoms with van der Waals surface area (Å²) in [7, 11) is 1.56. The van der Waals surface area contributed by atoms with Gasteiger partial charge in [-0.2, -0.15) is 0 Å². The van der Waals surface area contributed by atoms with Gasteiger partial charge in [-0.15, -0.1) is 0 Å². The minimum atomic E-state index is -0.262. The van der Waals surface area contributed by atoms with Gasteiger partial charge < -0.3 is 0 Å². The Labute approximate surface area is 91.2 Å². The van der Waals surface area contributed by atoms with Gasteiger partial charge in [0.25, 0.3) is 0 Å². The highest BCUT2D eigenvalue weighted by molar-refractivity contribution is 6.05. The summed E-state index contributed by atoms with van der Waals surface area (Å²) in [4.78, 5) is 26.6. The molecule has 0 spiro atoms. The Hall–Kier alpha value is -0.900. The Morgan fingerprint density at radius 1 is 1.20 bits per heavy atom. The maximum absolute atomic E-state index is 11.8. The Bertz CT molecular complexity index is 266. The monoisotopic (exact) mass is 212 g/mol. The lowest BCUT2D eigenvalue weighted by atomic mass is 10.1. The third-order valence-electron chi connectivity index (χ3n) is 2.91. The van der Waals surface area contributed by atoms with Gasteiger partial charge in [-0.1, -0.05) is 0 Å². The molecule has 0 aromatic rings. The van der Waals surface area contributed by atoms with E-state index in [2.05, 4.69) is 32.6 Å². The molecule has 4 nitrogen and oxygen atoms in total. The van der Waals surface area contributed by atoms with Gasteiger partial charge in [0.1, 0.15) is 0 Å². The van der Waals surface area contributed by atoms with E-state index in [9.17, 15) is 9.59 Å². The normalized spacial score (nSPS) is 22.7. The van der Waals surface area contributed by atoms with Crippen LogP contribution in [0.2, 0.25) is 0 Å². The van der Waals surface area contributed by atoms with Gasteiger partial charge in [0.15, 0.2) is 0 Å². The fourth-order valence-electron chi connectivity index (χ4n) is 2.29. The number of likely N-dealkylation sites (N-methyl/N-ethyl adjacent to an activating group) is 1. The SMILES string of the molecule is CC(C)N(C(C)C)C1CC(=O)N(C)C1=O. The van der Waals surface area contributed by atoms with Crippen molar-refractivity contribution in [3.8, 4) is 0 Å². The molecule has 0 N–H and O–H groups in total. The maximum atomic E-state index is 11.8. The number of amides is 2.